The predicted octanol–water partition coefficient (Wildman–Crippen LogP) is 2.46. The lowest BCUT2D eigenvalue weighted by atomic mass is 10.5. The van der Waals surface area contributed by atoms with E-state index in [0.717, 1.165) is 9.35 Å². The van der Waals surface area contributed by atoms with Crippen LogP contribution in [-0.2, 0) is 6.54 Å². The van der Waals surface area contributed by atoms with Crippen LogP contribution < -0.4 is 5.32 Å². The second-order valence-electron chi connectivity index (χ2n) is 2.86. The molecular formula is C9H8BrN3OS. The summed E-state index contributed by atoms with van der Waals surface area (Å²) in [6.07, 6.45) is 4.65. The van der Waals surface area contributed by atoms with E-state index in [9.17, 15) is 4.79 Å². The number of hydrogen-bond donors (Lipinski definition) is 1. The van der Waals surface area contributed by atoms with Crippen molar-refractivity contribution in [3.8, 4) is 0 Å². The molecule has 2 heterocycles. The fraction of sp³-hybridized carbons (Fsp3) is 0.111. The highest BCUT2D eigenvalue weighted by molar-refractivity contribution is 9.10. The van der Waals surface area contributed by atoms with Gasteiger partial charge < -0.3 is 5.32 Å². The first-order valence-corrected chi connectivity index (χ1v) is 5.92. The number of nitrogens with one attached hydrogen (secondary N) is 1. The van der Waals surface area contributed by atoms with Gasteiger partial charge in [-0.05, 0) is 22.0 Å². The summed E-state index contributed by atoms with van der Waals surface area (Å²) in [5.41, 5.74) is 0. The Morgan fingerprint density at radius 3 is 3.13 bits per heavy atom. The van der Waals surface area contributed by atoms with Crippen molar-refractivity contribution in [1.82, 2.24) is 14.9 Å². The molecule has 15 heavy (non-hydrogen) atoms. The van der Waals surface area contributed by atoms with E-state index in [-0.39, 0.29) is 6.03 Å². The average Bonchev–Trinajstić information content (AvgIpc) is 2.84. The summed E-state index contributed by atoms with van der Waals surface area (Å²) in [7, 11) is 0. The number of carbonyl (C=O) groups excluding carboxylic acids is 1. The van der Waals surface area contributed by atoms with Crippen LogP contribution in [0.1, 0.15) is 4.88 Å². The first-order valence-electron chi connectivity index (χ1n) is 4.25. The van der Waals surface area contributed by atoms with Gasteiger partial charge >= 0.3 is 6.03 Å². The standard InChI is InChI=1S/C9H8BrN3OS/c10-7-3-8(15-5-7)4-12-9(14)13-2-1-11-6-13/h1-3,5-6H,4H2,(H,12,14). The predicted molar refractivity (Wildman–Crippen MR) is 61.9 cm³/mol. The fourth-order valence-electron chi connectivity index (χ4n) is 1.08. The maximum absolute atomic E-state index is 11.5. The Bertz CT molecular complexity index is 452. The Hall–Kier alpha value is -1.14. The number of imidazole rings is 1. The summed E-state index contributed by atoms with van der Waals surface area (Å²) in [6.45, 7) is 0.535. The number of carbonyl (C=O) groups is 1. The van der Waals surface area contributed by atoms with Crippen LogP contribution in [-0.4, -0.2) is 15.6 Å². The summed E-state index contributed by atoms with van der Waals surface area (Å²) in [4.78, 5) is 16.4. The zero-order valence-corrected chi connectivity index (χ0v) is 10.1. The van der Waals surface area contributed by atoms with Gasteiger partial charge in [0.25, 0.3) is 0 Å². The summed E-state index contributed by atoms with van der Waals surface area (Å²) in [6, 6.07) is 1.82. The third-order valence-corrected chi connectivity index (χ3v) is 3.47. The molecule has 0 aromatic carbocycles. The third kappa shape index (κ3) is 2.66. The topological polar surface area (TPSA) is 46.9 Å². The van der Waals surface area contributed by atoms with Gasteiger partial charge in [0.1, 0.15) is 6.33 Å². The minimum atomic E-state index is -0.169. The Labute approximate surface area is 99.1 Å². The molecule has 0 radical (unpaired) electrons. The minimum Gasteiger partial charge on any atom is -0.332 e. The van der Waals surface area contributed by atoms with Crippen LogP contribution in [0.2, 0.25) is 0 Å². The molecule has 6 heteroatoms. The van der Waals surface area contributed by atoms with Crippen molar-refractivity contribution in [2.24, 2.45) is 0 Å². The van der Waals surface area contributed by atoms with Gasteiger partial charge in [0.15, 0.2) is 0 Å². The van der Waals surface area contributed by atoms with E-state index in [2.05, 4.69) is 26.2 Å². The Balaban J connectivity index is 1.91. The monoisotopic (exact) mass is 285 g/mol. The van der Waals surface area contributed by atoms with E-state index in [1.807, 2.05) is 11.4 Å². The van der Waals surface area contributed by atoms with Crippen molar-refractivity contribution in [2.45, 2.75) is 6.54 Å². The van der Waals surface area contributed by atoms with Crippen LogP contribution in [0, 0.1) is 0 Å². The molecule has 0 saturated carbocycles. The lowest BCUT2D eigenvalue weighted by Crippen LogP contribution is -2.26. The van der Waals surface area contributed by atoms with E-state index in [0.29, 0.717) is 6.54 Å². The van der Waals surface area contributed by atoms with Gasteiger partial charge in [0.05, 0.1) is 6.54 Å². The number of hydrogen-bond acceptors (Lipinski definition) is 3. The SMILES string of the molecule is O=C(NCc1cc(Br)cs1)n1ccnc1. The first-order chi connectivity index (χ1) is 7.25. The molecule has 0 atom stereocenters. The Morgan fingerprint density at radius 2 is 2.53 bits per heavy atom. The molecule has 2 rings (SSSR count). The van der Waals surface area contributed by atoms with Crippen LogP contribution in [0.15, 0.2) is 34.6 Å². The van der Waals surface area contributed by atoms with E-state index >= 15 is 0 Å². The van der Waals surface area contributed by atoms with Gasteiger partial charge in [-0.1, -0.05) is 0 Å². The smallest absolute Gasteiger partial charge is 0.327 e. The number of amides is 1. The van der Waals surface area contributed by atoms with Crippen LogP contribution in [0.5, 0.6) is 0 Å². The third-order valence-electron chi connectivity index (χ3n) is 1.77. The summed E-state index contributed by atoms with van der Waals surface area (Å²) in [5.74, 6) is 0. The fourth-order valence-corrected chi connectivity index (χ4v) is 2.47. The molecule has 0 aliphatic heterocycles. The highest BCUT2D eigenvalue weighted by Gasteiger charge is 2.03. The van der Waals surface area contributed by atoms with Crippen molar-refractivity contribution in [3.05, 3.63) is 39.5 Å². The minimum absolute atomic E-state index is 0.169. The lowest BCUT2D eigenvalue weighted by Gasteiger charge is -2.02. The van der Waals surface area contributed by atoms with Gasteiger partial charge in [-0.15, -0.1) is 11.3 Å². The van der Waals surface area contributed by atoms with Crippen molar-refractivity contribution in [2.75, 3.05) is 0 Å². The highest BCUT2D eigenvalue weighted by Crippen LogP contribution is 2.19. The number of nitrogens with zero attached hydrogens (tertiary/aromatic N) is 2. The van der Waals surface area contributed by atoms with Crippen molar-refractivity contribution in [3.63, 3.8) is 0 Å². The molecule has 0 saturated heterocycles. The number of rotatable bonds is 2. The number of halogens is 1. The van der Waals surface area contributed by atoms with Gasteiger partial charge in [-0.3, -0.25) is 4.57 Å². The quantitative estimate of drug-likeness (QED) is 0.921. The zero-order valence-electron chi connectivity index (χ0n) is 7.68. The molecule has 0 bridgehead atoms. The van der Waals surface area contributed by atoms with E-state index < -0.39 is 0 Å². The number of thiophene rings is 1. The molecule has 0 unspecified atom stereocenters. The van der Waals surface area contributed by atoms with Crippen LogP contribution in [0.3, 0.4) is 0 Å². The summed E-state index contributed by atoms with van der Waals surface area (Å²) in [5, 5.41) is 4.77. The Kier molecular flexibility index (Phi) is 3.17. The zero-order chi connectivity index (χ0) is 10.7. The summed E-state index contributed by atoms with van der Waals surface area (Å²) < 4.78 is 2.45. The van der Waals surface area contributed by atoms with Gasteiger partial charge in [0, 0.05) is 27.1 Å². The van der Waals surface area contributed by atoms with Crippen molar-refractivity contribution in [1.29, 1.82) is 0 Å². The van der Waals surface area contributed by atoms with Gasteiger partial charge in [-0.2, -0.15) is 0 Å². The van der Waals surface area contributed by atoms with E-state index in [1.165, 1.54) is 10.9 Å². The largest absolute Gasteiger partial charge is 0.332 e. The Morgan fingerprint density at radius 1 is 1.67 bits per heavy atom. The van der Waals surface area contributed by atoms with Crippen molar-refractivity contribution < 1.29 is 4.79 Å². The lowest BCUT2D eigenvalue weighted by molar-refractivity contribution is 0.242. The highest BCUT2D eigenvalue weighted by atomic mass is 79.9. The first kappa shape index (κ1) is 10.4. The average molecular weight is 286 g/mol. The van der Waals surface area contributed by atoms with Gasteiger partial charge in [-0.25, -0.2) is 9.78 Å². The molecule has 0 aliphatic carbocycles. The number of aromatic nitrogens is 2. The van der Waals surface area contributed by atoms with Crippen LogP contribution in [0.25, 0.3) is 0 Å². The molecule has 4 nitrogen and oxygen atoms in total. The maximum Gasteiger partial charge on any atom is 0.327 e. The second kappa shape index (κ2) is 4.59. The molecule has 1 amide bonds. The maximum atomic E-state index is 11.5. The van der Waals surface area contributed by atoms with Gasteiger partial charge in [0.2, 0.25) is 0 Å². The molecule has 0 aliphatic rings. The van der Waals surface area contributed by atoms with E-state index in [4.69, 9.17) is 0 Å². The second-order valence-corrected chi connectivity index (χ2v) is 4.77. The molecule has 0 spiro atoms. The summed E-state index contributed by atoms with van der Waals surface area (Å²) >= 11 is 4.96. The molecule has 2 aromatic rings. The van der Waals surface area contributed by atoms with Crippen molar-refractivity contribution >= 4 is 33.3 Å². The molecule has 78 valence electrons. The molecule has 2 aromatic heterocycles. The van der Waals surface area contributed by atoms with Crippen LogP contribution in [0.4, 0.5) is 4.79 Å². The molecule has 1 N–H and O–H groups in total. The molecular weight excluding hydrogens is 278 g/mol. The van der Waals surface area contributed by atoms with Crippen LogP contribution >= 0.6 is 27.3 Å². The normalized spacial score (nSPS) is 10.2. The molecule has 0 fully saturated rings. The van der Waals surface area contributed by atoms with E-state index in [1.54, 1.807) is 23.7 Å².